The van der Waals surface area contributed by atoms with Crippen molar-refractivity contribution in [3.63, 3.8) is 0 Å². The van der Waals surface area contributed by atoms with E-state index in [0.29, 0.717) is 13.1 Å². The molecule has 1 saturated heterocycles. The minimum Gasteiger partial charge on any atom is -0.316 e. The Kier molecular flexibility index (Phi) is 3.29. The van der Waals surface area contributed by atoms with Gasteiger partial charge in [-0.25, -0.2) is 13.1 Å². The molecule has 1 aliphatic rings. The Morgan fingerprint density at radius 3 is 2.55 bits per heavy atom. The van der Waals surface area contributed by atoms with Crippen molar-refractivity contribution < 1.29 is 8.42 Å². The van der Waals surface area contributed by atoms with E-state index in [9.17, 15) is 8.42 Å². The SMILES string of the molecule is O=S1(=O)CCNCCCCN1. The highest BCUT2D eigenvalue weighted by Gasteiger charge is 2.09. The summed E-state index contributed by atoms with van der Waals surface area (Å²) in [6, 6.07) is 0. The summed E-state index contributed by atoms with van der Waals surface area (Å²) in [5.41, 5.74) is 0. The Labute approximate surface area is 67.4 Å². The molecule has 1 rings (SSSR count). The maximum Gasteiger partial charge on any atom is 0.212 e. The minimum atomic E-state index is -2.98. The standard InChI is InChI=1S/C6H14N2O2S/c9-11(10)6-5-7-3-1-2-4-8-11/h7-8H,1-6H2. The molecule has 0 unspecified atom stereocenters. The smallest absolute Gasteiger partial charge is 0.212 e. The van der Waals surface area contributed by atoms with Gasteiger partial charge in [-0.15, -0.1) is 0 Å². The van der Waals surface area contributed by atoms with Gasteiger partial charge in [-0.1, -0.05) is 0 Å². The van der Waals surface area contributed by atoms with Gasteiger partial charge in [-0.3, -0.25) is 0 Å². The van der Waals surface area contributed by atoms with E-state index in [1.807, 2.05) is 0 Å². The maximum atomic E-state index is 11.0. The van der Waals surface area contributed by atoms with Gasteiger partial charge in [0.15, 0.2) is 0 Å². The molecule has 0 aromatic heterocycles. The van der Waals surface area contributed by atoms with Crippen LogP contribution in [-0.2, 0) is 10.0 Å². The maximum absolute atomic E-state index is 11.0. The Bertz CT molecular complexity index is 185. The highest BCUT2D eigenvalue weighted by molar-refractivity contribution is 7.89. The first-order valence-electron chi connectivity index (χ1n) is 3.89. The van der Waals surface area contributed by atoms with Crippen LogP contribution in [0.3, 0.4) is 0 Å². The lowest BCUT2D eigenvalue weighted by Gasteiger charge is -2.01. The van der Waals surface area contributed by atoms with Gasteiger partial charge < -0.3 is 5.32 Å². The highest BCUT2D eigenvalue weighted by Crippen LogP contribution is 1.91. The molecule has 11 heavy (non-hydrogen) atoms. The zero-order chi connectivity index (χ0) is 8.16. The van der Waals surface area contributed by atoms with E-state index in [1.54, 1.807) is 0 Å². The van der Waals surface area contributed by atoms with Crippen molar-refractivity contribution in [1.82, 2.24) is 10.0 Å². The Hall–Kier alpha value is -0.130. The Morgan fingerprint density at radius 2 is 1.73 bits per heavy atom. The molecule has 0 aromatic carbocycles. The lowest BCUT2D eigenvalue weighted by molar-refractivity contribution is 0.580. The molecule has 66 valence electrons. The number of rotatable bonds is 0. The van der Waals surface area contributed by atoms with Gasteiger partial charge in [-0.05, 0) is 19.4 Å². The fourth-order valence-electron chi connectivity index (χ4n) is 1.01. The molecule has 2 N–H and O–H groups in total. The van der Waals surface area contributed by atoms with Gasteiger partial charge in [0.2, 0.25) is 10.0 Å². The number of hydrogen-bond donors (Lipinski definition) is 2. The van der Waals surface area contributed by atoms with Crippen LogP contribution in [0, 0.1) is 0 Å². The first-order chi connectivity index (χ1) is 5.21. The van der Waals surface area contributed by atoms with Crippen molar-refractivity contribution in [3.05, 3.63) is 0 Å². The zero-order valence-electron chi connectivity index (χ0n) is 6.47. The van der Waals surface area contributed by atoms with Crippen molar-refractivity contribution >= 4 is 10.0 Å². The lowest BCUT2D eigenvalue weighted by atomic mass is 10.3. The van der Waals surface area contributed by atoms with Crippen LogP contribution in [0.2, 0.25) is 0 Å². The summed E-state index contributed by atoms with van der Waals surface area (Å²) < 4.78 is 24.6. The van der Waals surface area contributed by atoms with Crippen molar-refractivity contribution in [3.8, 4) is 0 Å². The van der Waals surface area contributed by atoms with Crippen LogP contribution in [0.15, 0.2) is 0 Å². The summed E-state index contributed by atoms with van der Waals surface area (Å²) in [4.78, 5) is 0. The second kappa shape index (κ2) is 4.04. The van der Waals surface area contributed by atoms with Gasteiger partial charge in [0, 0.05) is 13.1 Å². The molecule has 0 spiro atoms. The van der Waals surface area contributed by atoms with Crippen molar-refractivity contribution in [2.45, 2.75) is 12.8 Å². The number of hydrogen-bond acceptors (Lipinski definition) is 3. The number of nitrogens with one attached hydrogen (secondary N) is 2. The summed E-state index contributed by atoms with van der Waals surface area (Å²) >= 11 is 0. The van der Waals surface area contributed by atoms with E-state index >= 15 is 0 Å². The van der Waals surface area contributed by atoms with Gasteiger partial charge in [-0.2, -0.15) is 0 Å². The molecule has 0 saturated carbocycles. The van der Waals surface area contributed by atoms with Crippen LogP contribution < -0.4 is 10.0 Å². The molecule has 0 amide bonds. The predicted octanol–water partition coefficient (Wildman–Crippen LogP) is -0.711. The molecule has 0 bridgehead atoms. The zero-order valence-corrected chi connectivity index (χ0v) is 7.28. The van der Waals surface area contributed by atoms with Crippen LogP contribution in [0.5, 0.6) is 0 Å². The van der Waals surface area contributed by atoms with E-state index in [1.165, 1.54) is 0 Å². The molecular formula is C6H14N2O2S. The van der Waals surface area contributed by atoms with E-state index in [-0.39, 0.29) is 5.75 Å². The fourth-order valence-corrected chi connectivity index (χ4v) is 2.02. The summed E-state index contributed by atoms with van der Waals surface area (Å²) in [6.45, 7) is 2.08. The average Bonchev–Trinajstić information content (AvgIpc) is 2.00. The fraction of sp³-hybridized carbons (Fsp3) is 1.00. The first-order valence-corrected chi connectivity index (χ1v) is 5.54. The topological polar surface area (TPSA) is 58.2 Å². The van der Waals surface area contributed by atoms with E-state index < -0.39 is 10.0 Å². The molecule has 0 radical (unpaired) electrons. The highest BCUT2D eigenvalue weighted by atomic mass is 32.2. The van der Waals surface area contributed by atoms with E-state index in [2.05, 4.69) is 10.0 Å². The third-order valence-electron chi connectivity index (χ3n) is 1.65. The summed E-state index contributed by atoms with van der Waals surface area (Å²) in [5.74, 6) is 0.201. The normalized spacial score (nSPS) is 26.5. The van der Waals surface area contributed by atoms with Crippen LogP contribution >= 0.6 is 0 Å². The average molecular weight is 178 g/mol. The van der Waals surface area contributed by atoms with Gasteiger partial charge in [0.1, 0.15) is 0 Å². The minimum absolute atomic E-state index is 0.201. The Balaban J connectivity index is 2.44. The van der Waals surface area contributed by atoms with Gasteiger partial charge >= 0.3 is 0 Å². The second-order valence-electron chi connectivity index (χ2n) is 2.67. The third kappa shape index (κ3) is 3.69. The van der Waals surface area contributed by atoms with Gasteiger partial charge in [0.05, 0.1) is 5.75 Å². The first kappa shape index (κ1) is 8.96. The summed E-state index contributed by atoms with van der Waals surface area (Å²) in [7, 11) is -2.98. The van der Waals surface area contributed by atoms with Crippen LogP contribution in [-0.4, -0.2) is 33.8 Å². The molecule has 1 aliphatic heterocycles. The largest absolute Gasteiger partial charge is 0.316 e. The van der Waals surface area contributed by atoms with E-state index in [0.717, 1.165) is 19.4 Å². The lowest BCUT2D eigenvalue weighted by Crippen LogP contribution is -2.30. The molecule has 5 heteroatoms. The quantitative estimate of drug-likeness (QED) is 0.515. The molecular weight excluding hydrogens is 164 g/mol. The van der Waals surface area contributed by atoms with Crippen LogP contribution in [0.25, 0.3) is 0 Å². The Morgan fingerprint density at radius 1 is 1.00 bits per heavy atom. The number of sulfonamides is 1. The summed E-state index contributed by atoms with van der Waals surface area (Å²) in [5, 5.41) is 3.06. The molecule has 0 aliphatic carbocycles. The van der Waals surface area contributed by atoms with Crippen molar-refractivity contribution in [1.29, 1.82) is 0 Å². The van der Waals surface area contributed by atoms with Crippen LogP contribution in [0.1, 0.15) is 12.8 Å². The predicted molar refractivity (Wildman–Crippen MR) is 43.9 cm³/mol. The third-order valence-corrected chi connectivity index (χ3v) is 3.04. The molecule has 1 fully saturated rings. The van der Waals surface area contributed by atoms with Crippen molar-refractivity contribution in [2.24, 2.45) is 0 Å². The van der Waals surface area contributed by atoms with Crippen molar-refractivity contribution in [2.75, 3.05) is 25.4 Å². The molecule has 4 nitrogen and oxygen atoms in total. The molecule has 0 aromatic rings. The van der Waals surface area contributed by atoms with E-state index in [4.69, 9.17) is 0 Å². The monoisotopic (exact) mass is 178 g/mol. The summed E-state index contributed by atoms with van der Waals surface area (Å²) in [6.07, 6.45) is 1.97. The second-order valence-corrected chi connectivity index (χ2v) is 4.60. The molecule has 1 heterocycles. The van der Waals surface area contributed by atoms with Gasteiger partial charge in [0.25, 0.3) is 0 Å². The molecule has 0 atom stereocenters. The van der Waals surface area contributed by atoms with Crippen LogP contribution in [0.4, 0.5) is 0 Å².